The van der Waals surface area contributed by atoms with E-state index in [0.29, 0.717) is 10.7 Å². The van der Waals surface area contributed by atoms with Gasteiger partial charge in [-0.05, 0) is 11.6 Å². The molecule has 1 aromatic heterocycles. The highest BCUT2D eigenvalue weighted by molar-refractivity contribution is 7.80. The van der Waals surface area contributed by atoms with Gasteiger partial charge in [0.15, 0.2) is 0 Å². The van der Waals surface area contributed by atoms with E-state index in [-0.39, 0.29) is 5.28 Å². The molecule has 0 aliphatic rings. The van der Waals surface area contributed by atoms with Crippen molar-refractivity contribution in [1.82, 2.24) is 9.97 Å². The minimum absolute atomic E-state index is 0.161. The van der Waals surface area contributed by atoms with E-state index in [2.05, 4.69) is 22.6 Å². The van der Waals surface area contributed by atoms with Crippen molar-refractivity contribution in [3.05, 3.63) is 11.5 Å². The Hall–Kier alpha value is -0.480. The summed E-state index contributed by atoms with van der Waals surface area (Å²) in [6.07, 6.45) is 1.41. The molecule has 0 aliphatic heterocycles. The van der Waals surface area contributed by atoms with E-state index in [0.717, 1.165) is 0 Å². The summed E-state index contributed by atoms with van der Waals surface area (Å²) in [6.45, 7) is 0. The van der Waals surface area contributed by atoms with Crippen molar-refractivity contribution >= 4 is 29.9 Å². The lowest BCUT2D eigenvalue weighted by atomic mass is 10.6. The zero-order valence-electron chi connectivity index (χ0n) is 4.37. The molecular formula is C4H4ClN3S. The molecule has 1 rings (SSSR count). The van der Waals surface area contributed by atoms with Crippen LogP contribution >= 0.6 is 24.2 Å². The summed E-state index contributed by atoms with van der Waals surface area (Å²) in [6, 6.07) is 0. The Bertz CT molecular complexity index is 227. The fraction of sp³-hybridized carbons (Fsp3) is 0. The molecule has 2 N–H and O–H groups in total. The van der Waals surface area contributed by atoms with Crippen LogP contribution in [0.5, 0.6) is 0 Å². The van der Waals surface area contributed by atoms with Crippen molar-refractivity contribution in [1.29, 1.82) is 0 Å². The molecule has 0 saturated heterocycles. The molecule has 0 atom stereocenters. The molecule has 0 unspecified atom stereocenters. The number of thiol groups is 1. The predicted molar refractivity (Wildman–Crippen MR) is 38.7 cm³/mol. The first-order chi connectivity index (χ1) is 4.20. The van der Waals surface area contributed by atoms with Crippen molar-refractivity contribution < 1.29 is 0 Å². The van der Waals surface area contributed by atoms with Crippen LogP contribution in [0.15, 0.2) is 11.2 Å². The second-order valence-electron chi connectivity index (χ2n) is 1.42. The zero-order valence-corrected chi connectivity index (χ0v) is 6.02. The van der Waals surface area contributed by atoms with E-state index < -0.39 is 0 Å². The van der Waals surface area contributed by atoms with Gasteiger partial charge in [0.1, 0.15) is 5.03 Å². The van der Waals surface area contributed by atoms with Crippen LogP contribution in [-0.4, -0.2) is 9.97 Å². The first-order valence-corrected chi connectivity index (χ1v) is 2.99. The number of nitrogens with two attached hydrogens (primary N) is 1. The molecule has 0 bridgehead atoms. The summed E-state index contributed by atoms with van der Waals surface area (Å²) in [4.78, 5) is 7.29. The molecule has 0 saturated carbocycles. The third-order valence-corrected chi connectivity index (χ3v) is 1.31. The van der Waals surface area contributed by atoms with E-state index in [9.17, 15) is 0 Å². The van der Waals surface area contributed by atoms with Gasteiger partial charge in [-0.3, -0.25) is 0 Å². The summed E-state index contributed by atoms with van der Waals surface area (Å²) in [5, 5.41) is 0.573. The van der Waals surface area contributed by atoms with Gasteiger partial charge in [-0.1, -0.05) is 0 Å². The summed E-state index contributed by atoms with van der Waals surface area (Å²) in [7, 11) is 0. The first kappa shape index (κ1) is 6.64. The topological polar surface area (TPSA) is 51.8 Å². The second-order valence-corrected chi connectivity index (χ2v) is 2.18. The van der Waals surface area contributed by atoms with Crippen LogP contribution in [-0.2, 0) is 0 Å². The fourth-order valence-corrected chi connectivity index (χ4v) is 0.706. The zero-order chi connectivity index (χ0) is 6.85. The lowest BCUT2D eigenvalue weighted by Gasteiger charge is -1.94. The molecule has 48 valence electrons. The van der Waals surface area contributed by atoms with Crippen LogP contribution in [0.4, 0.5) is 5.69 Å². The predicted octanol–water partition coefficient (Wildman–Crippen LogP) is 1.00. The molecule has 0 spiro atoms. The minimum atomic E-state index is 0.161. The molecule has 0 amide bonds. The van der Waals surface area contributed by atoms with Crippen LogP contribution < -0.4 is 5.73 Å². The number of halogens is 1. The average Bonchev–Trinajstić information content (AvgIpc) is 1.80. The monoisotopic (exact) mass is 161 g/mol. The van der Waals surface area contributed by atoms with Crippen LogP contribution in [0.2, 0.25) is 5.28 Å². The average molecular weight is 162 g/mol. The summed E-state index contributed by atoms with van der Waals surface area (Å²) < 4.78 is 0. The Morgan fingerprint density at radius 3 is 2.78 bits per heavy atom. The lowest BCUT2D eigenvalue weighted by molar-refractivity contribution is 1.06. The van der Waals surface area contributed by atoms with Crippen molar-refractivity contribution in [2.24, 2.45) is 0 Å². The Kier molecular flexibility index (Phi) is 1.78. The van der Waals surface area contributed by atoms with Crippen LogP contribution in [0.25, 0.3) is 0 Å². The molecule has 0 radical (unpaired) electrons. The van der Waals surface area contributed by atoms with E-state index in [4.69, 9.17) is 17.3 Å². The van der Waals surface area contributed by atoms with Gasteiger partial charge in [-0.2, -0.15) is 0 Å². The van der Waals surface area contributed by atoms with Crippen LogP contribution in [0.1, 0.15) is 0 Å². The standard InChI is InChI=1S/C4H4ClN3S/c5-4-7-1-2(6)3(9)8-4/h1H,6H2,(H,7,8,9). The Balaban J connectivity index is 3.17. The highest BCUT2D eigenvalue weighted by Gasteiger charge is 1.95. The number of nitrogens with zero attached hydrogens (tertiary/aromatic N) is 2. The van der Waals surface area contributed by atoms with Crippen molar-refractivity contribution in [2.75, 3.05) is 5.73 Å². The number of hydrogen-bond donors (Lipinski definition) is 2. The highest BCUT2D eigenvalue weighted by atomic mass is 35.5. The second kappa shape index (κ2) is 2.41. The van der Waals surface area contributed by atoms with E-state index in [1.54, 1.807) is 0 Å². The van der Waals surface area contributed by atoms with Crippen LogP contribution in [0.3, 0.4) is 0 Å². The van der Waals surface area contributed by atoms with E-state index in [1.165, 1.54) is 6.20 Å². The fourth-order valence-electron chi connectivity index (χ4n) is 0.361. The van der Waals surface area contributed by atoms with Gasteiger partial charge in [0.25, 0.3) is 0 Å². The molecule has 9 heavy (non-hydrogen) atoms. The van der Waals surface area contributed by atoms with Crippen molar-refractivity contribution in [2.45, 2.75) is 5.03 Å². The summed E-state index contributed by atoms with van der Waals surface area (Å²) in [5.74, 6) is 0. The third kappa shape index (κ3) is 1.46. The van der Waals surface area contributed by atoms with Gasteiger partial charge in [-0.15, -0.1) is 12.6 Å². The van der Waals surface area contributed by atoms with Gasteiger partial charge < -0.3 is 5.73 Å². The Morgan fingerprint density at radius 2 is 2.33 bits per heavy atom. The maximum Gasteiger partial charge on any atom is 0.223 e. The summed E-state index contributed by atoms with van der Waals surface area (Å²) >= 11 is 9.30. The Labute approximate surface area is 62.7 Å². The van der Waals surface area contributed by atoms with Gasteiger partial charge in [0.2, 0.25) is 5.28 Å². The molecule has 5 heteroatoms. The normalized spacial score (nSPS) is 9.56. The van der Waals surface area contributed by atoms with Gasteiger partial charge in [0.05, 0.1) is 11.9 Å². The Morgan fingerprint density at radius 1 is 1.67 bits per heavy atom. The number of aromatic nitrogens is 2. The number of anilines is 1. The van der Waals surface area contributed by atoms with Crippen molar-refractivity contribution in [3.63, 3.8) is 0 Å². The maximum atomic E-state index is 5.39. The van der Waals surface area contributed by atoms with Gasteiger partial charge >= 0.3 is 0 Å². The third-order valence-electron chi connectivity index (χ3n) is 0.767. The van der Waals surface area contributed by atoms with Crippen molar-refractivity contribution in [3.8, 4) is 0 Å². The molecular weight excluding hydrogens is 158 g/mol. The number of nitrogen functional groups attached to an aromatic ring is 1. The molecule has 0 fully saturated rings. The first-order valence-electron chi connectivity index (χ1n) is 2.17. The number of rotatable bonds is 0. The number of hydrogen-bond acceptors (Lipinski definition) is 4. The molecule has 3 nitrogen and oxygen atoms in total. The summed E-state index contributed by atoms with van der Waals surface area (Å²) in [5.41, 5.74) is 5.76. The van der Waals surface area contributed by atoms with E-state index in [1.807, 2.05) is 0 Å². The van der Waals surface area contributed by atoms with Crippen LogP contribution in [0, 0.1) is 0 Å². The molecule has 0 aliphatic carbocycles. The van der Waals surface area contributed by atoms with Gasteiger partial charge in [-0.25, -0.2) is 9.97 Å². The smallest absolute Gasteiger partial charge is 0.223 e. The SMILES string of the molecule is Nc1cnc(Cl)nc1S. The lowest BCUT2D eigenvalue weighted by Crippen LogP contribution is -1.91. The van der Waals surface area contributed by atoms with Gasteiger partial charge in [0, 0.05) is 0 Å². The highest BCUT2D eigenvalue weighted by Crippen LogP contribution is 2.12. The van der Waals surface area contributed by atoms with E-state index >= 15 is 0 Å². The maximum absolute atomic E-state index is 5.39. The molecule has 1 heterocycles. The largest absolute Gasteiger partial charge is 0.395 e. The quantitative estimate of drug-likeness (QED) is 0.339. The minimum Gasteiger partial charge on any atom is -0.395 e. The molecule has 0 aromatic carbocycles. The molecule has 1 aromatic rings.